The summed E-state index contributed by atoms with van der Waals surface area (Å²) in [5.41, 5.74) is -0.491. The van der Waals surface area contributed by atoms with Gasteiger partial charge >= 0.3 is 6.09 Å². The molecule has 0 saturated carbocycles. The van der Waals surface area contributed by atoms with Crippen LogP contribution in [0.2, 0.25) is 0 Å². The van der Waals surface area contributed by atoms with Gasteiger partial charge < -0.3 is 24.7 Å². The largest absolute Gasteiger partial charge is 0.468 e. The molecule has 30 heavy (non-hydrogen) atoms. The quantitative estimate of drug-likeness (QED) is 0.495. The van der Waals surface area contributed by atoms with E-state index in [-0.39, 0.29) is 18.2 Å². The number of aliphatic imine (C=N–C) groups is 1. The predicted molar refractivity (Wildman–Crippen MR) is 120 cm³/mol. The highest BCUT2D eigenvalue weighted by molar-refractivity contribution is 5.79. The average Bonchev–Trinajstić information content (AvgIpc) is 3.39. The highest BCUT2D eigenvalue weighted by atomic mass is 16.6. The molecule has 0 aliphatic carbocycles. The summed E-state index contributed by atoms with van der Waals surface area (Å²) >= 11 is 0. The van der Waals surface area contributed by atoms with E-state index in [4.69, 9.17) is 9.15 Å². The Labute approximate surface area is 181 Å². The standard InChI is InChI=1S/C22H39N5O3/c1-17(26(6)21(28)30-22(2,3)4)11-12-24-20(23-5)25-16-18(19-10-9-15-29-19)27-13-7-8-14-27/h9-10,15,17-18H,7-8,11-14,16H2,1-6H3,(H2,23,24,25). The lowest BCUT2D eigenvalue weighted by atomic mass is 10.2. The Morgan fingerprint density at radius 3 is 2.60 bits per heavy atom. The molecule has 1 aromatic heterocycles. The van der Waals surface area contributed by atoms with E-state index in [1.54, 1.807) is 25.3 Å². The van der Waals surface area contributed by atoms with Gasteiger partial charge in [0.1, 0.15) is 11.4 Å². The summed E-state index contributed by atoms with van der Waals surface area (Å²) in [4.78, 5) is 20.6. The molecule has 170 valence electrons. The third-order valence-corrected chi connectivity index (χ3v) is 5.34. The van der Waals surface area contributed by atoms with E-state index in [1.165, 1.54) is 12.8 Å². The van der Waals surface area contributed by atoms with Crippen LogP contribution in [-0.2, 0) is 4.74 Å². The molecule has 1 saturated heterocycles. The molecule has 1 fully saturated rings. The maximum absolute atomic E-state index is 12.2. The van der Waals surface area contributed by atoms with Crippen LogP contribution in [0.5, 0.6) is 0 Å². The molecule has 2 heterocycles. The molecule has 2 atom stereocenters. The Morgan fingerprint density at radius 1 is 1.33 bits per heavy atom. The fourth-order valence-electron chi connectivity index (χ4n) is 3.46. The number of hydrogen-bond donors (Lipinski definition) is 2. The van der Waals surface area contributed by atoms with Crippen molar-refractivity contribution in [3.63, 3.8) is 0 Å². The lowest BCUT2D eigenvalue weighted by molar-refractivity contribution is 0.0230. The van der Waals surface area contributed by atoms with Crippen LogP contribution >= 0.6 is 0 Å². The van der Waals surface area contributed by atoms with Gasteiger partial charge in [0.15, 0.2) is 5.96 Å². The fraction of sp³-hybridized carbons (Fsp3) is 0.727. The van der Waals surface area contributed by atoms with Crippen LogP contribution < -0.4 is 10.6 Å². The van der Waals surface area contributed by atoms with Crippen LogP contribution in [0.3, 0.4) is 0 Å². The number of carbonyl (C=O) groups is 1. The second-order valence-electron chi connectivity index (χ2n) is 8.88. The molecule has 0 aromatic carbocycles. The van der Waals surface area contributed by atoms with E-state index in [0.717, 1.165) is 37.8 Å². The van der Waals surface area contributed by atoms with Crippen molar-refractivity contribution >= 4 is 12.1 Å². The van der Waals surface area contributed by atoms with E-state index in [1.807, 2.05) is 39.8 Å². The zero-order valence-corrected chi connectivity index (χ0v) is 19.4. The maximum Gasteiger partial charge on any atom is 0.410 e. The molecule has 0 radical (unpaired) electrons. The number of rotatable bonds is 8. The predicted octanol–water partition coefficient (Wildman–Crippen LogP) is 3.23. The summed E-state index contributed by atoms with van der Waals surface area (Å²) in [5, 5.41) is 6.77. The van der Waals surface area contributed by atoms with Gasteiger partial charge in [-0.15, -0.1) is 0 Å². The topological polar surface area (TPSA) is 82.3 Å². The number of hydrogen-bond acceptors (Lipinski definition) is 5. The summed E-state index contributed by atoms with van der Waals surface area (Å²) < 4.78 is 11.1. The van der Waals surface area contributed by atoms with Crippen LogP contribution in [0.1, 0.15) is 58.8 Å². The molecule has 8 heteroatoms. The molecule has 0 bridgehead atoms. The van der Waals surface area contributed by atoms with E-state index in [0.29, 0.717) is 6.54 Å². The summed E-state index contributed by atoms with van der Waals surface area (Å²) in [7, 11) is 3.54. The SMILES string of the molecule is CN=C(NCCC(C)N(C)C(=O)OC(C)(C)C)NCC(c1ccco1)N1CCCC1. The van der Waals surface area contributed by atoms with Crippen molar-refractivity contribution in [2.24, 2.45) is 4.99 Å². The minimum Gasteiger partial charge on any atom is -0.468 e. The molecule has 2 unspecified atom stereocenters. The molecule has 8 nitrogen and oxygen atoms in total. The molecule has 1 aromatic rings. The van der Waals surface area contributed by atoms with Gasteiger partial charge in [0.2, 0.25) is 0 Å². The van der Waals surface area contributed by atoms with Crippen LogP contribution in [0.4, 0.5) is 4.79 Å². The van der Waals surface area contributed by atoms with Crippen molar-refractivity contribution in [1.82, 2.24) is 20.4 Å². The second kappa shape index (κ2) is 11.2. The highest BCUT2D eigenvalue weighted by Gasteiger charge is 2.26. The number of nitrogens with one attached hydrogen (secondary N) is 2. The van der Waals surface area contributed by atoms with Crippen LogP contribution in [0.15, 0.2) is 27.8 Å². The molecular weight excluding hydrogens is 382 g/mol. The number of guanidine groups is 1. The van der Waals surface area contributed by atoms with E-state index < -0.39 is 5.60 Å². The maximum atomic E-state index is 12.2. The molecule has 1 aliphatic heterocycles. The first-order valence-corrected chi connectivity index (χ1v) is 10.9. The van der Waals surface area contributed by atoms with Crippen molar-refractivity contribution in [3.05, 3.63) is 24.2 Å². The van der Waals surface area contributed by atoms with Gasteiger partial charge in [0.05, 0.1) is 12.3 Å². The van der Waals surface area contributed by atoms with Gasteiger partial charge in [-0.3, -0.25) is 9.89 Å². The molecule has 0 spiro atoms. The van der Waals surface area contributed by atoms with Gasteiger partial charge in [0, 0.05) is 33.2 Å². The summed E-state index contributed by atoms with van der Waals surface area (Å²) in [6.45, 7) is 11.2. The zero-order valence-electron chi connectivity index (χ0n) is 19.4. The molecule has 1 aliphatic rings. The van der Waals surface area contributed by atoms with Crippen molar-refractivity contribution in [2.75, 3.05) is 40.3 Å². The fourth-order valence-corrected chi connectivity index (χ4v) is 3.46. The van der Waals surface area contributed by atoms with Crippen LogP contribution in [0, 0.1) is 0 Å². The Bertz CT molecular complexity index is 663. The first kappa shape index (κ1) is 24.1. The monoisotopic (exact) mass is 421 g/mol. The molecule has 2 N–H and O–H groups in total. The number of furan rings is 1. The van der Waals surface area contributed by atoms with Crippen molar-refractivity contribution in [2.45, 2.75) is 64.6 Å². The third-order valence-electron chi connectivity index (χ3n) is 5.34. The number of likely N-dealkylation sites (tertiary alicyclic amines) is 1. The molecular formula is C22H39N5O3. The molecule has 1 amide bonds. The Hall–Kier alpha value is -2.22. The number of ether oxygens (including phenoxy) is 1. The van der Waals surface area contributed by atoms with Gasteiger partial charge in [-0.2, -0.15) is 0 Å². The van der Waals surface area contributed by atoms with Gasteiger partial charge in [0.25, 0.3) is 0 Å². The first-order chi connectivity index (χ1) is 14.2. The van der Waals surface area contributed by atoms with Gasteiger partial charge in [-0.1, -0.05) is 0 Å². The van der Waals surface area contributed by atoms with Crippen molar-refractivity contribution in [1.29, 1.82) is 0 Å². The van der Waals surface area contributed by atoms with Crippen LogP contribution in [0.25, 0.3) is 0 Å². The van der Waals surface area contributed by atoms with Crippen molar-refractivity contribution < 1.29 is 13.9 Å². The summed E-state index contributed by atoms with van der Waals surface area (Å²) in [6.07, 6.45) is 4.67. The first-order valence-electron chi connectivity index (χ1n) is 10.9. The molecule has 2 rings (SSSR count). The Balaban J connectivity index is 1.79. The normalized spacial score (nSPS) is 17.5. The smallest absolute Gasteiger partial charge is 0.410 e. The zero-order chi connectivity index (χ0) is 22.1. The van der Waals surface area contributed by atoms with Crippen LogP contribution in [-0.4, -0.2) is 73.8 Å². The summed E-state index contributed by atoms with van der Waals surface area (Å²) in [6, 6.07) is 4.22. The lowest BCUT2D eigenvalue weighted by Gasteiger charge is -2.29. The number of carbonyl (C=O) groups excluding carboxylic acids is 1. The van der Waals surface area contributed by atoms with E-state index >= 15 is 0 Å². The second-order valence-corrected chi connectivity index (χ2v) is 8.88. The van der Waals surface area contributed by atoms with Gasteiger partial charge in [-0.25, -0.2) is 4.79 Å². The van der Waals surface area contributed by atoms with E-state index in [9.17, 15) is 4.79 Å². The minimum atomic E-state index is -0.491. The number of amides is 1. The van der Waals surface area contributed by atoms with Crippen molar-refractivity contribution in [3.8, 4) is 0 Å². The third kappa shape index (κ3) is 7.55. The van der Waals surface area contributed by atoms with E-state index in [2.05, 4.69) is 20.5 Å². The number of nitrogens with zero attached hydrogens (tertiary/aromatic N) is 3. The Morgan fingerprint density at radius 2 is 2.03 bits per heavy atom. The van der Waals surface area contributed by atoms with Gasteiger partial charge in [-0.05, 0) is 72.2 Å². The minimum absolute atomic E-state index is 0.0472. The summed E-state index contributed by atoms with van der Waals surface area (Å²) in [5.74, 6) is 1.73. The lowest BCUT2D eigenvalue weighted by Crippen LogP contribution is -2.44. The highest BCUT2D eigenvalue weighted by Crippen LogP contribution is 2.24. The Kier molecular flexibility index (Phi) is 9.02. The average molecular weight is 422 g/mol.